The molecule has 3 nitrogen and oxygen atoms in total. The zero-order valence-corrected chi connectivity index (χ0v) is 43.9. The van der Waals surface area contributed by atoms with Gasteiger partial charge in [-0.2, -0.15) is 13.7 Å². The zero-order valence-electron chi connectivity index (χ0n) is 28.5. The van der Waals surface area contributed by atoms with Gasteiger partial charge in [-0.05, 0) is 71.7 Å². The first-order chi connectivity index (χ1) is 23.2. The number of alkyl halides is 3. The van der Waals surface area contributed by atoms with Crippen molar-refractivity contribution < 1.29 is 85.6 Å². The number of hydrogen-bond donors (Lipinski definition) is 0. The van der Waals surface area contributed by atoms with Gasteiger partial charge in [-0.15, -0.1) is 0 Å². The van der Waals surface area contributed by atoms with Crippen molar-refractivity contribution in [1.82, 2.24) is 0 Å². The van der Waals surface area contributed by atoms with Gasteiger partial charge in [0.15, 0.2) is 16.6 Å². The van der Waals surface area contributed by atoms with Gasteiger partial charge >= 0.3 is 0 Å². The summed E-state index contributed by atoms with van der Waals surface area (Å²) in [5, 5.41) is 8.22. The number of aromatic nitrogens is 3. The van der Waals surface area contributed by atoms with Crippen LogP contribution in [0.25, 0.3) is 32.7 Å². The lowest BCUT2D eigenvalue weighted by Gasteiger charge is -2.16. The van der Waals surface area contributed by atoms with Gasteiger partial charge in [0.25, 0.3) is 0 Å². The van der Waals surface area contributed by atoms with E-state index in [1.165, 1.54) is 65.0 Å². The maximum absolute atomic E-state index is 2.51. The molecular formula is C39H39I6N3S3. The second-order valence-electron chi connectivity index (χ2n) is 13.5. The Morgan fingerprint density at radius 3 is 0.941 bits per heavy atom. The van der Waals surface area contributed by atoms with Crippen molar-refractivity contribution in [3.63, 3.8) is 0 Å². The van der Waals surface area contributed by atoms with Gasteiger partial charge in [0, 0.05) is 73.3 Å². The number of fused-ring (bicyclic) bond motifs is 9. The molecule has 0 radical (unpaired) electrons. The summed E-state index contributed by atoms with van der Waals surface area (Å²) in [7, 11) is 0. The monoisotopic (exact) mass is 1410 g/mol. The van der Waals surface area contributed by atoms with Crippen LogP contribution in [-0.2, 0) is 16.6 Å². The van der Waals surface area contributed by atoms with Crippen LogP contribution in [0, 0.1) is 0 Å². The van der Waals surface area contributed by atoms with Crippen LogP contribution in [0.15, 0.2) is 124 Å². The molecule has 0 bridgehead atoms. The van der Waals surface area contributed by atoms with E-state index in [4.69, 9.17) is 0 Å². The minimum Gasteiger partial charge on any atom is -1.00 e. The maximum atomic E-state index is 2.51. The maximum Gasteiger partial charge on any atom is 0.241 e. The lowest BCUT2D eigenvalue weighted by molar-refractivity contribution is -0.754. The Kier molecular flexibility index (Phi) is 16.9. The predicted octanol–water partition coefficient (Wildman–Crippen LogP) is 1.16. The number of benzene rings is 3. The molecular weight excluding hydrogens is 1370 g/mol. The number of halogens is 6. The first-order valence-corrected chi connectivity index (χ1v) is 23.7. The molecule has 9 rings (SSSR count). The van der Waals surface area contributed by atoms with E-state index >= 15 is 0 Å². The van der Waals surface area contributed by atoms with Gasteiger partial charge in [0.2, 0.25) is 31.6 Å². The van der Waals surface area contributed by atoms with Crippen molar-refractivity contribution in [3.05, 3.63) is 109 Å². The molecule has 0 fully saturated rings. The van der Waals surface area contributed by atoms with Crippen LogP contribution in [0.4, 0.5) is 0 Å². The van der Waals surface area contributed by atoms with Gasteiger partial charge < -0.3 is 71.9 Å². The standard InChI is InChI=1S/3C13H13INS.3HI/c3*1-13(8-14)9-16-12-7-6-10-4-2-3-5-11(10)15(12)13;;;/h3*2-7H,8-9H2,1H3;3*1H/q3*+1;;;/p-3. The summed E-state index contributed by atoms with van der Waals surface area (Å²) in [4.78, 5) is 0. The molecule has 6 aromatic rings. The van der Waals surface area contributed by atoms with Crippen molar-refractivity contribution in [3.8, 4) is 0 Å². The first kappa shape index (κ1) is 45.0. The summed E-state index contributed by atoms with van der Waals surface area (Å²) in [6, 6.07) is 39.4. The molecule has 51 heavy (non-hydrogen) atoms. The average Bonchev–Trinajstić information content (AvgIpc) is 3.80. The molecule has 3 unspecified atom stereocenters. The lowest BCUT2D eigenvalue weighted by atomic mass is 10.1. The Bertz CT molecular complexity index is 1920. The number of rotatable bonds is 3. The van der Waals surface area contributed by atoms with Crippen LogP contribution in [0.5, 0.6) is 0 Å². The number of hydrogen-bond acceptors (Lipinski definition) is 3. The lowest BCUT2D eigenvalue weighted by Crippen LogP contribution is -3.00. The van der Waals surface area contributed by atoms with Crippen molar-refractivity contribution in [2.24, 2.45) is 0 Å². The van der Waals surface area contributed by atoms with E-state index < -0.39 is 0 Å². The Labute approximate surface area is 407 Å². The van der Waals surface area contributed by atoms with Crippen LogP contribution in [-0.4, -0.2) is 30.5 Å². The number of pyridine rings is 3. The van der Waals surface area contributed by atoms with Crippen molar-refractivity contribution in [1.29, 1.82) is 0 Å². The van der Waals surface area contributed by atoms with Gasteiger partial charge in [0.1, 0.15) is 0 Å². The average molecular weight is 1410 g/mol. The SMILES string of the molecule is CC1(CI)CSc2ccc3ccccc3[n+]21.CC1(CI)CSc2ccc3ccccc3[n+]21.CC1(CI)CSc2ccc3ccccc3[n+]21.[I-].[I-].[I-]. The second-order valence-corrected chi connectivity index (χ2v) is 18.7. The highest BCUT2D eigenvalue weighted by molar-refractivity contribution is 14.1. The molecule has 0 saturated heterocycles. The van der Waals surface area contributed by atoms with Crippen molar-refractivity contribution in [2.45, 2.75) is 52.5 Å². The van der Waals surface area contributed by atoms with E-state index in [0.29, 0.717) is 0 Å². The van der Waals surface area contributed by atoms with Crippen molar-refractivity contribution >= 4 is 136 Å². The highest BCUT2D eigenvalue weighted by atomic mass is 127. The zero-order chi connectivity index (χ0) is 33.5. The number of para-hydroxylation sites is 3. The Balaban J connectivity index is 0.000000167. The summed E-state index contributed by atoms with van der Waals surface area (Å²) in [5.41, 5.74) is 4.89. The summed E-state index contributed by atoms with van der Waals surface area (Å²) in [5.74, 6) is 3.55. The molecule has 3 aromatic heterocycles. The van der Waals surface area contributed by atoms with Crippen LogP contribution in [0.1, 0.15) is 20.8 Å². The van der Waals surface area contributed by atoms with E-state index in [1.54, 1.807) is 0 Å². The number of thioether (sulfide) groups is 3. The van der Waals surface area contributed by atoms with Crippen LogP contribution >= 0.6 is 103 Å². The van der Waals surface area contributed by atoms with E-state index in [9.17, 15) is 0 Å². The van der Waals surface area contributed by atoms with Gasteiger partial charge in [0.05, 0.1) is 30.5 Å². The van der Waals surface area contributed by atoms with Crippen LogP contribution in [0.2, 0.25) is 0 Å². The van der Waals surface area contributed by atoms with E-state index in [2.05, 4.69) is 211 Å². The highest BCUT2D eigenvalue weighted by Gasteiger charge is 2.45. The predicted molar refractivity (Wildman–Crippen MR) is 232 cm³/mol. The molecule has 3 aromatic carbocycles. The fourth-order valence-electron chi connectivity index (χ4n) is 6.74. The molecule has 270 valence electrons. The van der Waals surface area contributed by atoms with Gasteiger partial charge in [-0.1, -0.05) is 104 Å². The number of nitrogens with zero attached hydrogens (tertiary/aromatic N) is 3. The van der Waals surface area contributed by atoms with E-state index in [-0.39, 0.29) is 88.5 Å². The minimum absolute atomic E-state index is 0. The van der Waals surface area contributed by atoms with Crippen molar-refractivity contribution in [2.75, 3.05) is 30.5 Å². The molecule has 3 aliphatic heterocycles. The third kappa shape index (κ3) is 8.92. The topological polar surface area (TPSA) is 11.6 Å². The summed E-state index contributed by atoms with van der Waals surface area (Å²) in [6.45, 7) is 7.07. The minimum atomic E-state index is 0. The second kappa shape index (κ2) is 19.2. The molecule has 3 aliphatic rings. The molecule has 0 aliphatic carbocycles. The first-order valence-electron chi connectivity index (χ1n) is 16.1. The van der Waals surface area contributed by atoms with Gasteiger partial charge in [-0.25, -0.2) is 0 Å². The molecule has 3 atom stereocenters. The van der Waals surface area contributed by atoms with E-state index in [0.717, 1.165) is 13.3 Å². The Hall–Kier alpha value is 1.32. The van der Waals surface area contributed by atoms with Gasteiger partial charge in [-0.3, -0.25) is 0 Å². The fourth-order valence-corrected chi connectivity index (χ4v) is 13.6. The molecule has 0 N–H and O–H groups in total. The normalized spacial score (nSPS) is 22.2. The van der Waals surface area contributed by atoms with Crippen LogP contribution in [0.3, 0.4) is 0 Å². The van der Waals surface area contributed by atoms with Crippen LogP contribution < -0.4 is 85.6 Å². The molecule has 0 spiro atoms. The smallest absolute Gasteiger partial charge is 0.241 e. The molecule has 12 heteroatoms. The third-order valence-corrected chi connectivity index (χ3v) is 18.6. The Morgan fingerprint density at radius 2 is 0.686 bits per heavy atom. The summed E-state index contributed by atoms with van der Waals surface area (Å²) in [6.07, 6.45) is 0. The largest absolute Gasteiger partial charge is 1.00 e. The quantitative estimate of drug-likeness (QED) is 0.150. The third-order valence-electron chi connectivity index (χ3n) is 9.49. The fraction of sp³-hybridized carbons (Fsp3) is 0.308. The summed E-state index contributed by atoms with van der Waals surface area (Å²) < 4.78 is 11.0. The molecule has 6 heterocycles. The van der Waals surface area contributed by atoms with E-state index in [1.807, 2.05) is 35.3 Å². The Morgan fingerprint density at radius 1 is 0.431 bits per heavy atom. The molecule has 0 saturated carbocycles. The molecule has 0 amide bonds. The highest BCUT2D eigenvalue weighted by Crippen LogP contribution is 2.36. The summed E-state index contributed by atoms with van der Waals surface area (Å²) >= 11 is 13.4.